The summed E-state index contributed by atoms with van der Waals surface area (Å²) in [7, 11) is 0. The van der Waals surface area contributed by atoms with Crippen molar-refractivity contribution in [2.75, 3.05) is 18.5 Å². The Labute approximate surface area is 179 Å². The predicted molar refractivity (Wildman–Crippen MR) is 116 cm³/mol. The van der Waals surface area contributed by atoms with E-state index in [2.05, 4.69) is 25.5 Å². The van der Waals surface area contributed by atoms with Crippen LogP contribution in [0.15, 0.2) is 72.9 Å². The third-order valence-corrected chi connectivity index (χ3v) is 4.51. The van der Waals surface area contributed by atoms with Gasteiger partial charge in [0.15, 0.2) is 0 Å². The third-order valence-electron chi connectivity index (χ3n) is 4.51. The monoisotopic (exact) mass is 415 g/mol. The molecule has 156 valence electrons. The van der Waals surface area contributed by atoms with Gasteiger partial charge in [0.25, 0.3) is 5.91 Å². The number of benzene rings is 2. The lowest BCUT2D eigenvalue weighted by Gasteiger charge is -2.11. The maximum absolute atomic E-state index is 12.6. The van der Waals surface area contributed by atoms with Crippen LogP contribution in [0, 0.1) is 0 Å². The number of nitrogens with zero attached hydrogens (tertiary/aromatic N) is 3. The fourth-order valence-electron chi connectivity index (χ4n) is 3.10. The lowest BCUT2D eigenvalue weighted by molar-refractivity contribution is 0.101. The van der Waals surface area contributed by atoms with E-state index in [9.17, 15) is 4.79 Å². The molecular formula is C23H21N5O3. The zero-order valence-electron chi connectivity index (χ0n) is 16.7. The van der Waals surface area contributed by atoms with Crippen LogP contribution in [-0.4, -0.2) is 44.4 Å². The number of anilines is 1. The van der Waals surface area contributed by atoms with Crippen LogP contribution >= 0.6 is 0 Å². The average molecular weight is 415 g/mol. The Balaban J connectivity index is 1.48. The van der Waals surface area contributed by atoms with Gasteiger partial charge in [-0.3, -0.25) is 4.79 Å². The van der Waals surface area contributed by atoms with Crippen molar-refractivity contribution in [3.63, 3.8) is 0 Å². The van der Waals surface area contributed by atoms with Crippen LogP contribution in [0.1, 0.15) is 22.0 Å². The molecule has 0 radical (unpaired) electrons. The molecule has 0 aliphatic heterocycles. The van der Waals surface area contributed by atoms with E-state index in [0.29, 0.717) is 23.8 Å². The van der Waals surface area contributed by atoms with Crippen molar-refractivity contribution in [3.8, 4) is 16.9 Å². The molecule has 4 rings (SSSR count). The van der Waals surface area contributed by atoms with Crippen molar-refractivity contribution < 1.29 is 14.6 Å². The van der Waals surface area contributed by atoms with E-state index in [1.165, 1.54) is 0 Å². The molecule has 0 saturated heterocycles. The summed E-state index contributed by atoms with van der Waals surface area (Å²) in [6, 6.07) is 20.9. The number of ether oxygens (including phenoxy) is 1. The lowest BCUT2D eigenvalue weighted by Crippen LogP contribution is -2.14. The number of hydrogen-bond donors (Lipinski definition) is 3. The second kappa shape index (κ2) is 9.64. The molecule has 31 heavy (non-hydrogen) atoms. The van der Waals surface area contributed by atoms with E-state index in [4.69, 9.17) is 9.84 Å². The number of aliphatic hydroxyl groups is 1. The summed E-state index contributed by atoms with van der Waals surface area (Å²) in [4.78, 5) is 19.8. The highest BCUT2D eigenvalue weighted by Gasteiger charge is 2.14. The summed E-state index contributed by atoms with van der Waals surface area (Å²) in [5.41, 5.74) is 2.72. The number of nitrogens with one attached hydrogen (secondary N) is 2. The first-order valence-corrected chi connectivity index (χ1v) is 9.79. The van der Waals surface area contributed by atoms with Crippen LogP contribution in [0.4, 0.5) is 5.82 Å². The largest absolute Gasteiger partial charge is 0.491 e. The highest BCUT2D eigenvalue weighted by atomic mass is 16.5. The second-order valence-electron chi connectivity index (χ2n) is 6.73. The molecule has 0 fully saturated rings. The second-order valence-corrected chi connectivity index (χ2v) is 6.73. The normalized spacial score (nSPS) is 10.6. The standard InChI is InChI=1S/C23H21N5O3/c29-12-13-31-19-9-5-4-8-18(19)17-10-11-24-20(15-17)26-23(30)22-25-21(27-28-22)14-16-6-2-1-3-7-16/h1-11,15,29H,12-14H2,(H,24,26,30)(H,25,27,28). The van der Waals surface area contributed by atoms with Crippen LogP contribution in [0.3, 0.4) is 0 Å². The minimum Gasteiger partial charge on any atom is -0.491 e. The number of para-hydroxylation sites is 1. The molecular weight excluding hydrogens is 394 g/mol. The van der Waals surface area contributed by atoms with E-state index in [-0.39, 0.29) is 19.0 Å². The molecule has 4 aromatic rings. The molecule has 0 atom stereocenters. The zero-order valence-corrected chi connectivity index (χ0v) is 16.7. The van der Waals surface area contributed by atoms with Crippen LogP contribution in [0.2, 0.25) is 0 Å². The third kappa shape index (κ3) is 5.12. The molecule has 0 unspecified atom stereocenters. The summed E-state index contributed by atoms with van der Waals surface area (Å²) in [6.45, 7) is 0.123. The fraction of sp³-hybridized carbons (Fsp3) is 0.130. The smallest absolute Gasteiger partial charge is 0.294 e. The Morgan fingerprint density at radius 2 is 1.84 bits per heavy atom. The van der Waals surface area contributed by atoms with E-state index >= 15 is 0 Å². The summed E-state index contributed by atoms with van der Waals surface area (Å²) in [6.07, 6.45) is 2.16. The Kier molecular flexibility index (Phi) is 6.29. The molecule has 8 nitrogen and oxygen atoms in total. The van der Waals surface area contributed by atoms with Crippen LogP contribution in [0.5, 0.6) is 5.75 Å². The number of carbonyl (C=O) groups is 1. The van der Waals surface area contributed by atoms with Crippen molar-refractivity contribution in [1.29, 1.82) is 0 Å². The van der Waals surface area contributed by atoms with Gasteiger partial charge in [0.05, 0.1) is 6.61 Å². The van der Waals surface area contributed by atoms with Crippen molar-refractivity contribution >= 4 is 11.7 Å². The van der Waals surface area contributed by atoms with Gasteiger partial charge in [0.2, 0.25) is 5.82 Å². The quantitative estimate of drug-likeness (QED) is 0.408. The molecule has 8 heteroatoms. The summed E-state index contributed by atoms with van der Waals surface area (Å²) >= 11 is 0. The lowest BCUT2D eigenvalue weighted by atomic mass is 10.1. The number of rotatable bonds is 8. The first-order valence-electron chi connectivity index (χ1n) is 9.79. The minimum atomic E-state index is -0.429. The number of hydrogen-bond acceptors (Lipinski definition) is 6. The Morgan fingerprint density at radius 3 is 2.68 bits per heavy atom. The van der Waals surface area contributed by atoms with E-state index in [1.54, 1.807) is 12.3 Å². The predicted octanol–water partition coefficient (Wildman–Crippen LogP) is 3.08. The summed E-state index contributed by atoms with van der Waals surface area (Å²) in [5, 5.41) is 19.8. The van der Waals surface area contributed by atoms with Gasteiger partial charge in [-0.2, -0.15) is 0 Å². The van der Waals surface area contributed by atoms with Gasteiger partial charge in [0.1, 0.15) is 24.0 Å². The molecule has 3 N–H and O–H groups in total. The molecule has 0 saturated carbocycles. The van der Waals surface area contributed by atoms with Gasteiger partial charge < -0.3 is 20.1 Å². The molecule has 0 bridgehead atoms. The molecule has 2 heterocycles. The van der Waals surface area contributed by atoms with E-state index < -0.39 is 5.91 Å². The van der Waals surface area contributed by atoms with Crippen molar-refractivity contribution in [2.45, 2.75) is 6.42 Å². The fourth-order valence-corrected chi connectivity index (χ4v) is 3.10. The Hall–Kier alpha value is -4.04. The van der Waals surface area contributed by atoms with E-state index in [1.807, 2.05) is 60.7 Å². The van der Waals surface area contributed by atoms with Crippen molar-refractivity contribution in [1.82, 2.24) is 20.2 Å². The molecule has 0 aliphatic carbocycles. The molecule has 0 spiro atoms. The number of aromatic nitrogens is 4. The number of carbonyl (C=O) groups excluding carboxylic acids is 1. The zero-order chi connectivity index (χ0) is 21.5. The average Bonchev–Trinajstić information content (AvgIpc) is 3.27. The van der Waals surface area contributed by atoms with Crippen LogP contribution < -0.4 is 10.1 Å². The SMILES string of the molecule is O=C(Nc1cc(-c2ccccc2OCCO)ccn1)c1nnc(Cc2ccccc2)[nH]1. The van der Waals surface area contributed by atoms with Gasteiger partial charge in [-0.25, -0.2) is 4.98 Å². The van der Waals surface area contributed by atoms with Gasteiger partial charge in [-0.1, -0.05) is 48.5 Å². The number of aliphatic hydroxyl groups excluding tert-OH is 1. The molecule has 0 aliphatic rings. The summed E-state index contributed by atoms with van der Waals surface area (Å²) < 4.78 is 5.60. The topological polar surface area (TPSA) is 113 Å². The molecule has 1 amide bonds. The Morgan fingerprint density at radius 1 is 1.03 bits per heavy atom. The molecule has 2 aromatic carbocycles. The molecule has 2 aromatic heterocycles. The van der Waals surface area contributed by atoms with Crippen LogP contribution in [-0.2, 0) is 6.42 Å². The number of amides is 1. The number of H-pyrrole nitrogens is 1. The number of pyridine rings is 1. The number of aromatic amines is 1. The van der Waals surface area contributed by atoms with Gasteiger partial charge in [0, 0.05) is 18.2 Å². The maximum atomic E-state index is 12.6. The maximum Gasteiger partial charge on any atom is 0.294 e. The van der Waals surface area contributed by atoms with Crippen LogP contribution in [0.25, 0.3) is 11.1 Å². The van der Waals surface area contributed by atoms with Crippen molar-refractivity contribution in [3.05, 3.63) is 90.1 Å². The highest BCUT2D eigenvalue weighted by molar-refractivity contribution is 6.01. The first-order chi connectivity index (χ1) is 15.2. The Bertz CT molecular complexity index is 1160. The van der Waals surface area contributed by atoms with E-state index in [0.717, 1.165) is 16.7 Å². The van der Waals surface area contributed by atoms with Crippen molar-refractivity contribution in [2.24, 2.45) is 0 Å². The first kappa shape index (κ1) is 20.2. The summed E-state index contributed by atoms with van der Waals surface area (Å²) in [5.74, 6) is 1.31. The highest BCUT2D eigenvalue weighted by Crippen LogP contribution is 2.30. The minimum absolute atomic E-state index is 0.0740. The van der Waals surface area contributed by atoms with Gasteiger partial charge in [-0.05, 0) is 29.3 Å². The van der Waals surface area contributed by atoms with Gasteiger partial charge in [-0.15, -0.1) is 10.2 Å². The van der Waals surface area contributed by atoms with Gasteiger partial charge >= 0.3 is 0 Å².